The van der Waals surface area contributed by atoms with Crippen molar-refractivity contribution in [2.24, 2.45) is 4.99 Å². The number of aliphatic imine (C=N–C) groups is 1. The van der Waals surface area contributed by atoms with E-state index in [9.17, 15) is 0 Å². The molecule has 1 N–H and O–H groups in total. The van der Waals surface area contributed by atoms with E-state index in [0.717, 1.165) is 23.8 Å². The molecule has 0 saturated carbocycles. The van der Waals surface area contributed by atoms with Crippen LogP contribution in [0.2, 0.25) is 0 Å². The standard InChI is InChI=1S/C14H20N2S/c1-4-11-7-5-6-8-12(11)15-13-16-14(2,3)9-10-17-13/h5-8H,4,9-10H2,1-3H3,(H,15,16). The summed E-state index contributed by atoms with van der Waals surface area (Å²) in [6, 6.07) is 8.45. The average molecular weight is 248 g/mol. The SMILES string of the molecule is CCc1ccccc1NC1=NC(C)(C)CCS1. The minimum Gasteiger partial charge on any atom is -0.335 e. The number of thioether (sulfide) groups is 1. The first-order chi connectivity index (χ1) is 8.11. The van der Waals surface area contributed by atoms with Crippen LogP contribution in [-0.2, 0) is 6.42 Å². The molecule has 3 heteroatoms. The van der Waals surface area contributed by atoms with Gasteiger partial charge in [0.15, 0.2) is 5.17 Å². The number of aryl methyl sites for hydroxylation is 1. The smallest absolute Gasteiger partial charge is 0.161 e. The number of hydrogen-bond acceptors (Lipinski definition) is 3. The van der Waals surface area contributed by atoms with Gasteiger partial charge in [0.2, 0.25) is 0 Å². The first-order valence-corrected chi connectivity index (χ1v) is 7.17. The molecule has 1 aliphatic heterocycles. The van der Waals surface area contributed by atoms with Gasteiger partial charge in [0.05, 0.1) is 5.54 Å². The fourth-order valence-electron chi connectivity index (χ4n) is 1.89. The number of benzene rings is 1. The lowest BCUT2D eigenvalue weighted by atomic mass is 10.0. The van der Waals surface area contributed by atoms with Crippen LogP contribution in [0.4, 0.5) is 5.69 Å². The maximum absolute atomic E-state index is 4.75. The topological polar surface area (TPSA) is 24.4 Å². The molecule has 0 saturated heterocycles. The third kappa shape index (κ3) is 3.25. The Balaban J connectivity index is 2.18. The number of rotatable bonds is 2. The molecule has 0 aromatic heterocycles. The fraction of sp³-hybridized carbons (Fsp3) is 0.500. The molecule has 0 spiro atoms. The van der Waals surface area contributed by atoms with Crippen molar-refractivity contribution in [1.82, 2.24) is 0 Å². The van der Waals surface area contributed by atoms with Crippen molar-refractivity contribution in [3.8, 4) is 0 Å². The largest absolute Gasteiger partial charge is 0.335 e. The van der Waals surface area contributed by atoms with Crippen molar-refractivity contribution in [2.45, 2.75) is 39.2 Å². The molecule has 2 rings (SSSR count). The number of para-hydroxylation sites is 1. The van der Waals surface area contributed by atoms with Crippen LogP contribution in [0.1, 0.15) is 32.8 Å². The van der Waals surface area contributed by atoms with Crippen molar-refractivity contribution in [3.63, 3.8) is 0 Å². The summed E-state index contributed by atoms with van der Waals surface area (Å²) in [4.78, 5) is 4.75. The van der Waals surface area contributed by atoms with Gasteiger partial charge in [-0.05, 0) is 38.3 Å². The van der Waals surface area contributed by atoms with Crippen LogP contribution >= 0.6 is 11.8 Å². The van der Waals surface area contributed by atoms with E-state index < -0.39 is 0 Å². The molecule has 92 valence electrons. The first-order valence-electron chi connectivity index (χ1n) is 6.18. The molecule has 0 radical (unpaired) electrons. The fourth-order valence-corrected chi connectivity index (χ4v) is 3.18. The number of anilines is 1. The summed E-state index contributed by atoms with van der Waals surface area (Å²) in [5, 5.41) is 4.53. The highest BCUT2D eigenvalue weighted by Gasteiger charge is 2.22. The molecule has 1 aromatic carbocycles. The number of nitrogens with zero attached hydrogens (tertiary/aromatic N) is 1. The van der Waals surface area contributed by atoms with Gasteiger partial charge in [-0.25, -0.2) is 0 Å². The van der Waals surface area contributed by atoms with Crippen molar-refractivity contribution < 1.29 is 0 Å². The molecule has 0 unspecified atom stereocenters. The van der Waals surface area contributed by atoms with E-state index in [1.54, 1.807) is 0 Å². The lowest BCUT2D eigenvalue weighted by Crippen LogP contribution is -2.27. The Morgan fingerprint density at radius 2 is 2.12 bits per heavy atom. The molecule has 0 atom stereocenters. The third-order valence-corrected chi connectivity index (χ3v) is 3.87. The summed E-state index contributed by atoms with van der Waals surface area (Å²) in [7, 11) is 0. The highest BCUT2D eigenvalue weighted by atomic mass is 32.2. The van der Waals surface area contributed by atoms with Gasteiger partial charge in [0.1, 0.15) is 0 Å². The summed E-state index contributed by atoms with van der Waals surface area (Å²) in [6.07, 6.45) is 2.20. The van der Waals surface area contributed by atoms with E-state index in [-0.39, 0.29) is 5.54 Å². The normalized spacial score (nSPS) is 18.6. The number of nitrogens with one attached hydrogen (secondary N) is 1. The summed E-state index contributed by atoms with van der Waals surface area (Å²) >= 11 is 1.82. The minimum atomic E-state index is 0.0781. The van der Waals surface area contributed by atoms with Gasteiger partial charge in [0.25, 0.3) is 0 Å². The van der Waals surface area contributed by atoms with Crippen LogP contribution in [0.3, 0.4) is 0 Å². The lowest BCUT2D eigenvalue weighted by Gasteiger charge is -2.26. The molecule has 1 aromatic rings. The van der Waals surface area contributed by atoms with E-state index in [1.807, 2.05) is 11.8 Å². The second kappa shape index (κ2) is 5.13. The Morgan fingerprint density at radius 3 is 2.82 bits per heavy atom. The average Bonchev–Trinajstić information content (AvgIpc) is 2.28. The first kappa shape index (κ1) is 12.5. The molecular weight excluding hydrogens is 228 g/mol. The second-order valence-electron chi connectivity index (χ2n) is 4.96. The molecule has 0 aliphatic carbocycles. The van der Waals surface area contributed by atoms with E-state index in [2.05, 4.69) is 50.4 Å². The Labute approximate surface area is 108 Å². The lowest BCUT2D eigenvalue weighted by molar-refractivity contribution is 0.507. The molecule has 17 heavy (non-hydrogen) atoms. The maximum atomic E-state index is 4.75. The highest BCUT2D eigenvalue weighted by Crippen LogP contribution is 2.27. The summed E-state index contributed by atoms with van der Waals surface area (Å²) < 4.78 is 0. The van der Waals surface area contributed by atoms with Gasteiger partial charge >= 0.3 is 0 Å². The maximum Gasteiger partial charge on any atom is 0.161 e. The monoisotopic (exact) mass is 248 g/mol. The van der Waals surface area contributed by atoms with Crippen LogP contribution in [-0.4, -0.2) is 16.5 Å². The van der Waals surface area contributed by atoms with Gasteiger partial charge in [-0.15, -0.1) is 0 Å². The van der Waals surface area contributed by atoms with Crippen molar-refractivity contribution >= 4 is 22.6 Å². The Bertz CT molecular complexity index is 424. The summed E-state index contributed by atoms with van der Waals surface area (Å²) in [5.41, 5.74) is 2.62. The number of hydrogen-bond donors (Lipinski definition) is 1. The minimum absolute atomic E-state index is 0.0781. The molecule has 2 nitrogen and oxygen atoms in total. The zero-order valence-corrected chi connectivity index (χ0v) is 11.6. The van der Waals surface area contributed by atoms with Crippen LogP contribution < -0.4 is 5.32 Å². The van der Waals surface area contributed by atoms with Crippen LogP contribution in [0, 0.1) is 0 Å². The second-order valence-corrected chi connectivity index (χ2v) is 6.05. The van der Waals surface area contributed by atoms with Crippen LogP contribution in [0.5, 0.6) is 0 Å². The summed E-state index contributed by atoms with van der Waals surface area (Å²) in [6.45, 7) is 6.57. The van der Waals surface area contributed by atoms with Gasteiger partial charge in [0, 0.05) is 11.4 Å². The van der Waals surface area contributed by atoms with Crippen LogP contribution in [0.25, 0.3) is 0 Å². The zero-order valence-electron chi connectivity index (χ0n) is 10.8. The molecule has 0 bridgehead atoms. The third-order valence-electron chi connectivity index (χ3n) is 3.00. The van der Waals surface area contributed by atoms with Gasteiger partial charge in [-0.1, -0.05) is 36.9 Å². The van der Waals surface area contributed by atoms with Crippen molar-refractivity contribution in [1.29, 1.82) is 0 Å². The van der Waals surface area contributed by atoms with Gasteiger partial charge in [-0.3, -0.25) is 4.99 Å². The predicted octanol–water partition coefficient (Wildman–Crippen LogP) is 3.93. The van der Waals surface area contributed by atoms with Crippen molar-refractivity contribution in [3.05, 3.63) is 29.8 Å². The van der Waals surface area contributed by atoms with E-state index in [0.29, 0.717) is 0 Å². The van der Waals surface area contributed by atoms with E-state index >= 15 is 0 Å². The number of amidine groups is 1. The molecule has 0 fully saturated rings. The van der Waals surface area contributed by atoms with Crippen molar-refractivity contribution in [2.75, 3.05) is 11.1 Å². The van der Waals surface area contributed by atoms with E-state index in [1.165, 1.54) is 11.3 Å². The zero-order chi connectivity index (χ0) is 12.3. The molecular formula is C14H20N2S. The molecule has 1 heterocycles. The van der Waals surface area contributed by atoms with Crippen LogP contribution in [0.15, 0.2) is 29.3 Å². The van der Waals surface area contributed by atoms with E-state index in [4.69, 9.17) is 4.99 Å². The molecule has 1 aliphatic rings. The Morgan fingerprint density at radius 1 is 1.35 bits per heavy atom. The Hall–Kier alpha value is -0.960. The molecule has 0 amide bonds. The predicted molar refractivity (Wildman–Crippen MR) is 78.0 cm³/mol. The quantitative estimate of drug-likeness (QED) is 0.857. The van der Waals surface area contributed by atoms with Gasteiger partial charge < -0.3 is 5.32 Å². The summed E-state index contributed by atoms with van der Waals surface area (Å²) in [5.74, 6) is 1.15. The van der Waals surface area contributed by atoms with Gasteiger partial charge in [-0.2, -0.15) is 0 Å². The highest BCUT2D eigenvalue weighted by molar-refractivity contribution is 8.14. The Kier molecular flexibility index (Phi) is 3.77.